The molecule has 1 aliphatic heterocycles. The molecule has 0 aliphatic carbocycles. The maximum Gasteiger partial charge on any atom is 0.352 e. The molecule has 0 aromatic heterocycles. The van der Waals surface area contributed by atoms with Crippen molar-refractivity contribution in [2.24, 2.45) is 0 Å². The summed E-state index contributed by atoms with van der Waals surface area (Å²) in [4.78, 5) is 23.7. The van der Waals surface area contributed by atoms with Crippen molar-refractivity contribution in [1.82, 2.24) is 0 Å². The first-order chi connectivity index (χ1) is 13.9. The van der Waals surface area contributed by atoms with Gasteiger partial charge in [0.15, 0.2) is 5.57 Å². The molecule has 0 radical (unpaired) electrons. The van der Waals surface area contributed by atoms with Gasteiger partial charge < -0.3 is 14.6 Å². The number of carbonyl (C=O) groups is 2. The molecular weight excluding hydrogens is 368 g/mol. The lowest BCUT2D eigenvalue weighted by atomic mass is 10.1. The number of esters is 2. The number of allylic oxidation sites excluding steroid dienone is 3. The van der Waals surface area contributed by atoms with Crippen molar-refractivity contribution in [3.63, 3.8) is 0 Å². The van der Waals surface area contributed by atoms with Crippen LogP contribution in [0.5, 0.6) is 0 Å². The Morgan fingerprint density at radius 1 is 0.793 bits per heavy atom. The van der Waals surface area contributed by atoms with Crippen molar-refractivity contribution in [2.45, 2.75) is 116 Å². The summed E-state index contributed by atoms with van der Waals surface area (Å²) >= 11 is 0. The van der Waals surface area contributed by atoms with Crippen LogP contribution in [0.4, 0.5) is 0 Å². The normalized spacial score (nSPS) is 16.2. The summed E-state index contributed by atoms with van der Waals surface area (Å²) in [6, 6.07) is 0. The fourth-order valence-corrected chi connectivity index (χ4v) is 3.38. The first-order valence-corrected chi connectivity index (χ1v) is 11.4. The molecule has 1 fully saturated rings. The van der Waals surface area contributed by atoms with Gasteiger partial charge in [0.05, 0.1) is 0 Å². The largest absolute Gasteiger partial charge is 0.511 e. The van der Waals surface area contributed by atoms with E-state index in [-0.39, 0.29) is 17.8 Å². The predicted octanol–water partition coefficient (Wildman–Crippen LogP) is 6.67. The van der Waals surface area contributed by atoms with Gasteiger partial charge in [-0.25, -0.2) is 9.59 Å². The highest BCUT2D eigenvalue weighted by Crippen LogP contribution is 2.25. The van der Waals surface area contributed by atoms with Crippen LogP contribution in [0, 0.1) is 0 Å². The summed E-state index contributed by atoms with van der Waals surface area (Å²) in [5.41, 5.74) is -0.361. The highest BCUT2D eigenvalue weighted by atomic mass is 16.7. The summed E-state index contributed by atoms with van der Waals surface area (Å²) in [5, 5.41) is 10.1. The van der Waals surface area contributed by atoms with Crippen molar-refractivity contribution in [1.29, 1.82) is 0 Å². The Bertz CT molecular complexity index is 538. The Kier molecular flexibility index (Phi) is 12.4. The quantitative estimate of drug-likeness (QED) is 0.0818. The van der Waals surface area contributed by atoms with E-state index in [0.717, 1.165) is 32.1 Å². The zero-order valence-electron chi connectivity index (χ0n) is 18.6. The van der Waals surface area contributed by atoms with Crippen molar-refractivity contribution >= 4 is 11.9 Å². The van der Waals surface area contributed by atoms with Crippen LogP contribution in [0.25, 0.3) is 0 Å². The van der Waals surface area contributed by atoms with Crippen LogP contribution in [-0.4, -0.2) is 22.8 Å². The second-order valence-corrected chi connectivity index (χ2v) is 8.33. The summed E-state index contributed by atoms with van der Waals surface area (Å²) in [7, 11) is 0. The van der Waals surface area contributed by atoms with Gasteiger partial charge in [0, 0.05) is 20.3 Å². The van der Waals surface area contributed by atoms with E-state index in [4.69, 9.17) is 9.47 Å². The molecule has 1 rings (SSSR count). The second kappa shape index (κ2) is 14.2. The lowest BCUT2D eigenvalue weighted by molar-refractivity contribution is -0.222. The third kappa shape index (κ3) is 11.1. The number of aliphatic hydroxyl groups excluding tert-OH is 1. The summed E-state index contributed by atoms with van der Waals surface area (Å²) in [6.07, 6.45) is 20.4. The van der Waals surface area contributed by atoms with E-state index in [0.29, 0.717) is 0 Å². The van der Waals surface area contributed by atoms with E-state index < -0.39 is 17.7 Å². The molecule has 0 unspecified atom stereocenters. The Labute approximate surface area is 176 Å². The molecule has 1 heterocycles. The lowest BCUT2D eigenvalue weighted by Gasteiger charge is -2.30. The van der Waals surface area contributed by atoms with Crippen LogP contribution >= 0.6 is 0 Å². The van der Waals surface area contributed by atoms with Gasteiger partial charge in [-0.1, -0.05) is 70.4 Å². The number of hydrogen-bond donors (Lipinski definition) is 1. The van der Waals surface area contributed by atoms with Gasteiger partial charge in [0.1, 0.15) is 5.76 Å². The van der Waals surface area contributed by atoms with Gasteiger partial charge in [0.25, 0.3) is 5.79 Å². The molecule has 5 nitrogen and oxygen atoms in total. The predicted molar refractivity (Wildman–Crippen MR) is 115 cm³/mol. The van der Waals surface area contributed by atoms with Crippen LogP contribution < -0.4 is 0 Å². The monoisotopic (exact) mass is 408 g/mol. The molecule has 166 valence electrons. The lowest BCUT2D eigenvalue weighted by Crippen LogP contribution is -2.42. The topological polar surface area (TPSA) is 72.8 Å². The molecule has 1 N–H and O–H groups in total. The number of ether oxygens (including phenoxy) is 2. The molecule has 0 atom stereocenters. The van der Waals surface area contributed by atoms with Crippen LogP contribution in [-0.2, 0) is 19.1 Å². The summed E-state index contributed by atoms with van der Waals surface area (Å²) in [5.74, 6) is -3.12. The second-order valence-electron chi connectivity index (χ2n) is 8.33. The Hall–Kier alpha value is -1.78. The van der Waals surface area contributed by atoms with Crippen molar-refractivity contribution in [2.75, 3.05) is 0 Å². The van der Waals surface area contributed by atoms with Gasteiger partial charge in [-0.15, -0.1) is 0 Å². The van der Waals surface area contributed by atoms with E-state index in [2.05, 4.69) is 19.1 Å². The molecular formula is C24H40O5. The molecule has 0 aromatic rings. The van der Waals surface area contributed by atoms with E-state index in [1.807, 2.05) is 0 Å². The minimum absolute atomic E-state index is 0.229. The molecule has 29 heavy (non-hydrogen) atoms. The molecule has 1 saturated heterocycles. The molecule has 5 heteroatoms. The number of carbonyl (C=O) groups excluding carboxylic acids is 2. The van der Waals surface area contributed by atoms with Crippen molar-refractivity contribution in [3.8, 4) is 0 Å². The average molecular weight is 409 g/mol. The van der Waals surface area contributed by atoms with E-state index >= 15 is 0 Å². The van der Waals surface area contributed by atoms with E-state index in [1.165, 1.54) is 65.2 Å². The maximum atomic E-state index is 11.9. The third-order valence-corrected chi connectivity index (χ3v) is 5.05. The highest BCUT2D eigenvalue weighted by molar-refractivity contribution is 6.15. The molecule has 0 spiro atoms. The Morgan fingerprint density at radius 2 is 1.24 bits per heavy atom. The van der Waals surface area contributed by atoms with Crippen LogP contribution in [0.1, 0.15) is 111 Å². The van der Waals surface area contributed by atoms with Gasteiger partial charge >= 0.3 is 11.9 Å². The zero-order valence-corrected chi connectivity index (χ0v) is 18.6. The van der Waals surface area contributed by atoms with Crippen molar-refractivity contribution < 1.29 is 24.2 Å². The van der Waals surface area contributed by atoms with Crippen LogP contribution in [0.2, 0.25) is 0 Å². The maximum absolute atomic E-state index is 11.9. The van der Waals surface area contributed by atoms with Crippen molar-refractivity contribution in [3.05, 3.63) is 23.5 Å². The third-order valence-electron chi connectivity index (χ3n) is 5.05. The number of cyclic esters (lactones) is 2. The molecule has 0 bridgehead atoms. The summed E-state index contributed by atoms with van der Waals surface area (Å²) in [6.45, 7) is 5.22. The first kappa shape index (κ1) is 25.3. The minimum Gasteiger partial charge on any atom is -0.511 e. The number of rotatable bonds is 15. The number of aliphatic hydroxyl groups is 1. The molecule has 0 aromatic carbocycles. The molecule has 0 amide bonds. The fourth-order valence-electron chi connectivity index (χ4n) is 3.38. The van der Waals surface area contributed by atoms with Gasteiger partial charge in [0.2, 0.25) is 0 Å². The van der Waals surface area contributed by atoms with E-state index in [9.17, 15) is 14.7 Å². The standard InChI is InChI=1S/C24H40O5/c1-4-5-6-7-8-9-10-11-12-13-14-15-16-17-18-19-20(25)21-22(26)28-24(2,3)29-23(21)27/h11-12,25H,4-10,13-19H2,1-3H3/b12-11+. The van der Waals surface area contributed by atoms with Gasteiger partial charge in [-0.05, 0) is 32.1 Å². The summed E-state index contributed by atoms with van der Waals surface area (Å²) < 4.78 is 10.0. The Morgan fingerprint density at radius 3 is 1.76 bits per heavy atom. The Balaban J connectivity index is 2.05. The van der Waals surface area contributed by atoms with Gasteiger partial charge in [-0.2, -0.15) is 0 Å². The number of hydrogen-bond acceptors (Lipinski definition) is 5. The van der Waals surface area contributed by atoms with E-state index in [1.54, 1.807) is 0 Å². The number of unbranched alkanes of at least 4 members (excludes halogenated alkanes) is 11. The minimum atomic E-state index is -1.28. The molecule has 1 aliphatic rings. The SMILES string of the molecule is CCCCCCCC/C=C/CCCCCCCC(O)=C1C(=O)OC(C)(C)OC1=O. The smallest absolute Gasteiger partial charge is 0.352 e. The fraction of sp³-hybridized carbons (Fsp3) is 0.750. The van der Waals surface area contributed by atoms with Crippen LogP contribution in [0.15, 0.2) is 23.5 Å². The molecule has 0 saturated carbocycles. The van der Waals surface area contributed by atoms with Gasteiger partial charge in [-0.3, -0.25) is 0 Å². The zero-order chi connectivity index (χ0) is 21.5. The first-order valence-electron chi connectivity index (χ1n) is 11.4. The average Bonchev–Trinajstić information content (AvgIpc) is 2.63. The highest BCUT2D eigenvalue weighted by Gasteiger charge is 2.40. The van der Waals surface area contributed by atoms with Crippen LogP contribution in [0.3, 0.4) is 0 Å².